The van der Waals surface area contributed by atoms with Gasteiger partial charge in [0.1, 0.15) is 0 Å². The lowest BCUT2D eigenvalue weighted by Crippen LogP contribution is -1.97. The molecule has 6 nitrogen and oxygen atoms in total. The molecule has 18 heavy (non-hydrogen) atoms. The topological polar surface area (TPSA) is 93.3 Å². The highest BCUT2D eigenvalue weighted by Crippen LogP contribution is 2.36. The van der Waals surface area contributed by atoms with E-state index in [4.69, 9.17) is 5.11 Å². The van der Waals surface area contributed by atoms with Crippen molar-refractivity contribution in [2.24, 2.45) is 0 Å². The highest BCUT2D eigenvalue weighted by molar-refractivity contribution is 7.99. The standard InChI is InChI=1S/C10H8N2O4S2/c13-8(14)3-4-17-7-2-1-6-9(11-5-18-6)10(7)12(15)16/h1-2,5H,3-4H2,(H,13,14). The summed E-state index contributed by atoms with van der Waals surface area (Å²) >= 11 is 2.50. The maximum atomic E-state index is 11.1. The summed E-state index contributed by atoms with van der Waals surface area (Å²) < 4.78 is 0.754. The minimum Gasteiger partial charge on any atom is -0.481 e. The van der Waals surface area contributed by atoms with Gasteiger partial charge in [0, 0.05) is 5.75 Å². The number of thiazole rings is 1. The largest absolute Gasteiger partial charge is 0.481 e. The predicted molar refractivity (Wildman–Crippen MR) is 69.3 cm³/mol. The lowest BCUT2D eigenvalue weighted by molar-refractivity contribution is -0.386. The molecule has 1 N–H and O–H groups in total. The van der Waals surface area contributed by atoms with Crippen molar-refractivity contribution >= 4 is 45.0 Å². The first-order valence-electron chi connectivity index (χ1n) is 4.95. The summed E-state index contributed by atoms with van der Waals surface area (Å²) in [4.78, 5) is 25.5. The normalized spacial score (nSPS) is 10.7. The second-order valence-electron chi connectivity index (χ2n) is 3.36. The summed E-state index contributed by atoms with van der Waals surface area (Å²) in [5.41, 5.74) is 1.89. The fraction of sp³-hybridized carbons (Fsp3) is 0.200. The molecule has 8 heteroatoms. The third-order valence-corrected chi connectivity index (χ3v) is 4.04. The summed E-state index contributed by atoms with van der Waals surface area (Å²) in [5, 5.41) is 19.6. The van der Waals surface area contributed by atoms with Gasteiger partial charge in [0.05, 0.1) is 26.5 Å². The Bertz CT molecular complexity index is 611. The van der Waals surface area contributed by atoms with Crippen LogP contribution in [-0.4, -0.2) is 26.7 Å². The van der Waals surface area contributed by atoms with Crippen molar-refractivity contribution < 1.29 is 14.8 Å². The van der Waals surface area contributed by atoms with Crippen LogP contribution in [0.2, 0.25) is 0 Å². The number of nitrogens with zero attached hydrogens (tertiary/aromatic N) is 2. The molecule has 0 atom stereocenters. The number of nitro benzene ring substituents is 1. The predicted octanol–water partition coefficient (Wildman–Crippen LogP) is 2.77. The van der Waals surface area contributed by atoms with E-state index in [1.54, 1.807) is 17.6 Å². The molecule has 0 spiro atoms. The van der Waals surface area contributed by atoms with Gasteiger partial charge in [-0.05, 0) is 12.1 Å². The molecule has 1 aromatic heterocycles. The molecule has 0 bridgehead atoms. The number of aliphatic carboxylic acids is 1. The lowest BCUT2D eigenvalue weighted by atomic mass is 10.3. The number of fused-ring (bicyclic) bond motifs is 1. The molecule has 1 aromatic carbocycles. The van der Waals surface area contributed by atoms with Crippen molar-refractivity contribution in [1.29, 1.82) is 0 Å². The van der Waals surface area contributed by atoms with Crippen LogP contribution in [0.15, 0.2) is 22.5 Å². The van der Waals surface area contributed by atoms with Crippen LogP contribution in [-0.2, 0) is 4.79 Å². The van der Waals surface area contributed by atoms with Crippen LogP contribution >= 0.6 is 23.1 Å². The Kier molecular flexibility index (Phi) is 3.78. The van der Waals surface area contributed by atoms with Crippen molar-refractivity contribution in [3.63, 3.8) is 0 Å². The molecule has 0 amide bonds. The summed E-state index contributed by atoms with van der Waals surface area (Å²) in [6.45, 7) is 0. The van der Waals surface area contributed by atoms with Crippen molar-refractivity contribution in [3.8, 4) is 0 Å². The molecule has 0 aliphatic heterocycles. The van der Waals surface area contributed by atoms with Crippen LogP contribution in [0.1, 0.15) is 6.42 Å². The van der Waals surface area contributed by atoms with Gasteiger partial charge in [-0.2, -0.15) is 0 Å². The molecule has 0 unspecified atom stereocenters. The molecule has 0 aliphatic rings. The zero-order valence-corrected chi connectivity index (χ0v) is 10.7. The van der Waals surface area contributed by atoms with Crippen LogP contribution < -0.4 is 0 Å². The fourth-order valence-corrected chi connectivity index (χ4v) is 3.09. The van der Waals surface area contributed by atoms with Crippen molar-refractivity contribution in [3.05, 3.63) is 27.8 Å². The van der Waals surface area contributed by atoms with Gasteiger partial charge in [-0.25, -0.2) is 4.98 Å². The smallest absolute Gasteiger partial charge is 0.309 e. The van der Waals surface area contributed by atoms with E-state index in [-0.39, 0.29) is 12.1 Å². The van der Waals surface area contributed by atoms with E-state index in [9.17, 15) is 14.9 Å². The van der Waals surface area contributed by atoms with Gasteiger partial charge < -0.3 is 5.11 Å². The number of rotatable bonds is 5. The first-order chi connectivity index (χ1) is 8.59. The van der Waals surface area contributed by atoms with Crippen molar-refractivity contribution in [2.75, 3.05) is 5.75 Å². The Labute approximate surface area is 110 Å². The third kappa shape index (κ3) is 2.59. The van der Waals surface area contributed by atoms with Gasteiger partial charge >= 0.3 is 11.7 Å². The SMILES string of the molecule is O=C(O)CCSc1ccc2scnc2c1[N+](=O)[O-]. The highest BCUT2D eigenvalue weighted by atomic mass is 32.2. The van der Waals surface area contributed by atoms with Crippen LogP contribution in [0.4, 0.5) is 5.69 Å². The quantitative estimate of drug-likeness (QED) is 0.515. The summed E-state index contributed by atoms with van der Waals surface area (Å²) in [5.74, 6) is -0.619. The molecule has 0 saturated heterocycles. The molecule has 94 valence electrons. The van der Waals surface area contributed by atoms with E-state index in [1.807, 2.05) is 0 Å². The zero-order chi connectivity index (χ0) is 13.1. The maximum absolute atomic E-state index is 11.1. The Balaban J connectivity index is 2.34. The minimum atomic E-state index is -0.917. The van der Waals surface area contributed by atoms with Gasteiger partial charge in [0.25, 0.3) is 0 Å². The highest BCUT2D eigenvalue weighted by Gasteiger charge is 2.20. The van der Waals surface area contributed by atoms with Gasteiger partial charge in [-0.15, -0.1) is 23.1 Å². The molecular formula is C10H8N2O4S2. The Morgan fingerprint density at radius 1 is 1.56 bits per heavy atom. The third-order valence-electron chi connectivity index (χ3n) is 2.19. The Morgan fingerprint density at radius 3 is 3.00 bits per heavy atom. The number of aromatic nitrogens is 1. The number of hydrogen-bond acceptors (Lipinski definition) is 6. The van der Waals surface area contributed by atoms with E-state index in [2.05, 4.69) is 4.98 Å². The number of nitro groups is 1. The van der Waals surface area contributed by atoms with Crippen LogP contribution in [0.3, 0.4) is 0 Å². The number of carbonyl (C=O) groups is 1. The van der Waals surface area contributed by atoms with E-state index in [1.165, 1.54) is 11.3 Å². The molecule has 0 aliphatic carbocycles. The summed E-state index contributed by atoms with van der Waals surface area (Å²) in [7, 11) is 0. The van der Waals surface area contributed by atoms with Gasteiger partial charge in [-0.3, -0.25) is 14.9 Å². The summed E-state index contributed by atoms with van der Waals surface area (Å²) in [6, 6.07) is 3.41. The molecule has 2 aromatic rings. The number of carboxylic acid groups (broad SMARTS) is 1. The van der Waals surface area contributed by atoms with E-state index < -0.39 is 10.9 Å². The Hall–Kier alpha value is -1.67. The van der Waals surface area contributed by atoms with Crippen molar-refractivity contribution in [1.82, 2.24) is 4.98 Å². The fourth-order valence-electron chi connectivity index (χ4n) is 1.44. The second kappa shape index (κ2) is 5.32. The number of carboxylic acids is 1. The maximum Gasteiger partial charge on any atom is 0.309 e. The average molecular weight is 284 g/mol. The van der Waals surface area contributed by atoms with E-state index in [0.717, 1.165) is 16.5 Å². The number of thioether (sulfide) groups is 1. The monoisotopic (exact) mass is 284 g/mol. The van der Waals surface area contributed by atoms with E-state index in [0.29, 0.717) is 16.2 Å². The van der Waals surface area contributed by atoms with Crippen LogP contribution in [0.5, 0.6) is 0 Å². The molecule has 0 fully saturated rings. The van der Waals surface area contributed by atoms with Crippen LogP contribution in [0, 0.1) is 10.1 Å². The zero-order valence-electron chi connectivity index (χ0n) is 9.03. The molecular weight excluding hydrogens is 276 g/mol. The minimum absolute atomic E-state index is 0.0308. The molecule has 0 radical (unpaired) electrons. The molecule has 1 heterocycles. The van der Waals surface area contributed by atoms with Crippen LogP contribution in [0.25, 0.3) is 10.2 Å². The van der Waals surface area contributed by atoms with Crippen molar-refractivity contribution in [2.45, 2.75) is 11.3 Å². The van der Waals surface area contributed by atoms with E-state index >= 15 is 0 Å². The van der Waals surface area contributed by atoms with Gasteiger partial charge in [0.2, 0.25) is 0 Å². The van der Waals surface area contributed by atoms with Gasteiger partial charge in [-0.1, -0.05) is 0 Å². The average Bonchev–Trinajstić information content (AvgIpc) is 2.75. The molecule has 0 saturated carbocycles. The lowest BCUT2D eigenvalue weighted by Gasteiger charge is -2.02. The number of benzene rings is 1. The first kappa shape index (κ1) is 12.8. The van der Waals surface area contributed by atoms with Gasteiger partial charge in [0.15, 0.2) is 5.52 Å². The molecule has 2 rings (SSSR count). The second-order valence-corrected chi connectivity index (χ2v) is 5.38. The number of hydrogen-bond donors (Lipinski definition) is 1. The Morgan fingerprint density at radius 2 is 2.33 bits per heavy atom. The summed E-state index contributed by atoms with van der Waals surface area (Å²) in [6.07, 6.45) is -0.0308. The first-order valence-corrected chi connectivity index (χ1v) is 6.81.